The first-order chi connectivity index (χ1) is 12.2. The number of halogens is 1. The van der Waals surface area contributed by atoms with Gasteiger partial charge in [0.05, 0.1) is 16.2 Å². The number of hydrogen-bond acceptors (Lipinski definition) is 6. The zero-order chi connectivity index (χ0) is 19.9. The molecule has 1 aliphatic rings. The van der Waals surface area contributed by atoms with Gasteiger partial charge in [0, 0.05) is 18.7 Å². The molecule has 0 saturated carbocycles. The molecule has 0 bridgehead atoms. The van der Waals surface area contributed by atoms with Crippen LogP contribution in [0.3, 0.4) is 0 Å². The highest BCUT2D eigenvalue weighted by molar-refractivity contribution is 7.96. The van der Waals surface area contributed by atoms with E-state index in [0.29, 0.717) is 0 Å². The molecule has 144 valence electrons. The third kappa shape index (κ3) is 5.06. The molecule has 1 rings (SSSR count). The maximum absolute atomic E-state index is 12.9. The summed E-state index contributed by atoms with van der Waals surface area (Å²) in [4.78, 5) is 25.7. The predicted molar refractivity (Wildman–Crippen MR) is 96.7 cm³/mol. The molecule has 0 radical (unpaired) electrons. The summed E-state index contributed by atoms with van der Waals surface area (Å²) in [7, 11) is -2.52. The molecule has 2 atom stereocenters. The standard InChI is InChI=1S/C16H22ClN3O5S/c1-4-5-14(11(2)17)26(23,24)12-8-13(16(22)19-7-6-18)20(9-12)15(21)10-25-3/h4-5,12-13H,7-10H2,1-3H3,(H,19,22)/b5-4-,14-11-/t12-,13+/m1/s1. The minimum atomic E-state index is -3.85. The Morgan fingerprint density at radius 2 is 2.12 bits per heavy atom. The van der Waals surface area contributed by atoms with Crippen LogP contribution in [0.1, 0.15) is 20.3 Å². The molecule has 0 spiro atoms. The maximum atomic E-state index is 12.9. The average molecular weight is 404 g/mol. The summed E-state index contributed by atoms with van der Waals surface area (Å²) in [5.74, 6) is -1.07. The van der Waals surface area contributed by atoms with E-state index in [9.17, 15) is 18.0 Å². The lowest BCUT2D eigenvalue weighted by Gasteiger charge is -2.23. The number of amides is 2. The SMILES string of the molecule is C/C=C\C(=C(/C)Cl)S(=O)(=O)[C@@H]1C[C@@H](C(=O)NCC#N)N(C(=O)COC)C1. The van der Waals surface area contributed by atoms with E-state index in [2.05, 4.69) is 5.32 Å². The van der Waals surface area contributed by atoms with Crippen molar-refractivity contribution >= 4 is 33.3 Å². The van der Waals surface area contributed by atoms with Crippen LogP contribution in [0.2, 0.25) is 0 Å². The largest absolute Gasteiger partial charge is 0.375 e. The van der Waals surface area contributed by atoms with Crippen LogP contribution in [-0.4, -0.2) is 63.2 Å². The smallest absolute Gasteiger partial charge is 0.249 e. The van der Waals surface area contributed by atoms with E-state index in [0.717, 1.165) is 0 Å². The summed E-state index contributed by atoms with van der Waals surface area (Å²) in [6.45, 7) is 2.47. The van der Waals surface area contributed by atoms with Crippen molar-refractivity contribution in [1.29, 1.82) is 5.26 Å². The van der Waals surface area contributed by atoms with E-state index in [4.69, 9.17) is 21.6 Å². The van der Waals surface area contributed by atoms with Gasteiger partial charge in [-0.15, -0.1) is 0 Å². The fraction of sp³-hybridized carbons (Fsp3) is 0.562. The fourth-order valence-electron chi connectivity index (χ4n) is 2.73. The number of allylic oxidation sites excluding steroid dienone is 3. The molecule has 1 N–H and O–H groups in total. The van der Waals surface area contributed by atoms with Crippen molar-refractivity contribution in [2.75, 3.05) is 26.8 Å². The van der Waals surface area contributed by atoms with E-state index >= 15 is 0 Å². The van der Waals surface area contributed by atoms with Crippen LogP contribution in [0, 0.1) is 11.3 Å². The van der Waals surface area contributed by atoms with Gasteiger partial charge >= 0.3 is 0 Å². The summed E-state index contributed by atoms with van der Waals surface area (Å²) in [5, 5.41) is 10.1. The summed E-state index contributed by atoms with van der Waals surface area (Å²) >= 11 is 5.93. The molecule has 0 aromatic rings. The molecule has 8 nitrogen and oxygen atoms in total. The number of rotatable bonds is 7. The third-order valence-corrected chi connectivity index (χ3v) is 6.49. The Labute approximate surface area is 158 Å². The molecule has 2 amide bonds. The molecule has 0 unspecified atom stereocenters. The summed E-state index contributed by atoms with van der Waals surface area (Å²) in [6.07, 6.45) is 2.86. The van der Waals surface area contributed by atoms with Crippen molar-refractivity contribution in [2.45, 2.75) is 31.6 Å². The Balaban J connectivity index is 3.20. The molecular formula is C16H22ClN3O5S. The number of carbonyl (C=O) groups excluding carboxylic acids is 2. The Kier molecular flexibility index (Phi) is 8.27. The lowest BCUT2D eigenvalue weighted by molar-refractivity contribution is -0.141. The van der Waals surface area contributed by atoms with Gasteiger partial charge in [0.25, 0.3) is 0 Å². The van der Waals surface area contributed by atoms with Gasteiger partial charge in [-0.05, 0) is 26.3 Å². The minimum Gasteiger partial charge on any atom is -0.375 e. The van der Waals surface area contributed by atoms with Crippen LogP contribution in [0.5, 0.6) is 0 Å². The average Bonchev–Trinajstić information content (AvgIpc) is 3.03. The molecule has 0 aromatic carbocycles. The van der Waals surface area contributed by atoms with Crippen molar-refractivity contribution in [3.8, 4) is 6.07 Å². The highest BCUT2D eigenvalue weighted by Gasteiger charge is 2.45. The van der Waals surface area contributed by atoms with Gasteiger partial charge in [0.2, 0.25) is 11.8 Å². The van der Waals surface area contributed by atoms with Crippen molar-refractivity contribution in [1.82, 2.24) is 10.2 Å². The normalized spacial score (nSPS) is 21.4. The lowest BCUT2D eigenvalue weighted by atomic mass is 10.2. The van der Waals surface area contributed by atoms with Gasteiger partial charge < -0.3 is 15.0 Å². The van der Waals surface area contributed by atoms with Crippen LogP contribution in [-0.2, 0) is 24.2 Å². The molecule has 26 heavy (non-hydrogen) atoms. The second-order valence-corrected chi connectivity index (χ2v) is 8.43. The van der Waals surface area contributed by atoms with Gasteiger partial charge in [-0.25, -0.2) is 8.42 Å². The second-order valence-electron chi connectivity index (χ2n) is 5.67. The molecule has 10 heteroatoms. The van der Waals surface area contributed by atoms with Crippen LogP contribution in [0.4, 0.5) is 0 Å². The molecule has 1 fully saturated rings. The number of hydrogen-bond donors (Lipinski definition) is 1. The van der Waals surface area contributed by atoms with Crippen molar-refractivity contribution in [3.63, 3.8) is 0 Å². The number of nitriles is 1. The number of sulfone groups is 1. The Morgan fingerprint density at radius 3 is 2.62 bits per heavy atom. The lowest BCUT2D eigenvalue weighted by Crippen LogP contribution is -2.47. The van der Waals surface area contributed by atoms with Crippen LogP contribution in [0.25, 0.3) is 0 Å². The quantitative estimate of drug-likeness (QED) is 0.494. The first kappa shape index (κ1) is 22.2. The fourth-order valence-corrected chi connectivity index (χ4v) is 4.99. The van der Waals surface area contributed by atoms with Crippen LogP contribution < -0.4 is 5.32 Å². The first-order valence-corrected chi connectivity index (χ1v) is 9.79. The Morgan fingerprint density at radius 1 is 1.46 bits per heavy atom. The number of carbonyl (C=O) groups is 2. The topological polar surface area (TPSA) is 117 Å². The summed E-state index contributed by atoms with van der Waals surface area (Å²) in [5.41, 5.74) is 0. The minimum absolute atomic E-state index is 0.0381. The molecule has 1 aliphatic heterocycles. The monoisotopic (exact) mass is 403 g/mol. The van der Waals surface area contributed by atoms with E-state index in [-0.39, 0.29) is 36.1 Å². The molecule has 1 heterocycles. The van der Waals surface area contributed by atoms with Crippen LogP contribution in [0.15, 0.2) is 22.1 Å². The molecule has 0 aromatic heterocycles. The van der Waals surface area contributed by atoms with Gasteiger partial charge in [-0.1, -0.05) is 17.7 Å². The number of nitrogens with zero attached hydrogens (tertiary/aromatic N) is 2. The highest BCUT2D eigenvalue weighted by Crippen LogP contribution is 2.30. The summed E-state index contributed by atoms with van der Waals surface area (Å²) < 4.78 is 30.7. The van der Waals surface area contributed by atoms with E-state index in [1.165, 1.54) is 25.0 Å². The summed E-state index contributed by atoms with van der Waals surface area (Å²) in [6, 6.07) is 0.778. The van der Waals surface area contributed by atoms with E-state index < -0.39 is 32.9 Å². The number of likely N-dealkylation sites (tertiary alicyclic amines) is 1. The van der Waals surface area contributed by atoms with Gasteiger partial charge in [0.15, 0.2) is 9.84 Å². The Bertz CT molecular complexity index is 750. The highest BCUT2D eigenvalue weighted by atomic mass is 35.5. The maximum Gasteiger partial charge on any atom is 0.249 e. The van der Waals surface area contributed by atoms with Gasteiger partial charge in [0.1, 0.15) is 19.2 Å². The van der Waals surface area contributed by atoms with Crippen LogP contribution >= 0.6 is 11.6 Å². The number of methoxy groups -OCH3 is 1. The zero-order valence-corrected chi connectivity index (χ0v) is 16.4. The third-order valence-electron chi connectivity index (χ3n) is 3.90. The number of ether oxygens (including phenoxy) is 1. The predicted octanol–water partition coefficient (Wildman–Crippen LogP) is 0.703. The van der Waals surface area contributed by atoms with Gasteiger partial charge in [-0.3, -0.25) is 9.59 Å². The van der Waals surface area contributed by atoms with Crippen molar-refractivity contribution in [3.05, 3.63) is 22.1 Å². The molecule has 1 saturated heterocycles. The van der Waals surface area contributed by atoms with E-state index in [1.807, 2.05) is 0 Å². The van der Waals surface area contributed by atoms with Crippen molar-refractivity contribution in [2.24, 2.45) is 0 Å². The van der Waals surface area contributed by atoms with Crippen molar-refractivity contribution < 1.29 is 22.7 Å². The molecule has 0 aliphatic carbocycles. The van der Waals surface area contributed by atoms with Gasteiger partial charge in [-0.2, -0.15) is 5.26 Å². The second kappa shape index (κ2) is 9.71. The first-order valence-electron chi connectivity index (χ1n) is 7.86. The zero-order valence-electron chi connectivity index (χ0n) is 14.9. The number of nitrogens with one attached hydrogen (secondary N) is 1. The van der Waals surface area contributed by atoms with E-state index in [1.54, 1.807) is 19.1 Å². The Hall–Kier alpha value is -1.89. The molecular weight excluding hydrogens is 382 g/mol.